The van der Waals surface area contributed by atoms with Crippen molar-refractivity contribution in [1.29, 1.82) is 0 Å². The summed E-state index contributed by atoms with van der Waals surface area (Å²) in [5.41, 5.74) is 4.00. The molecule has 36 heavy (non-hydrogen) atoms. The van der Waals surface area contributed by atoms with Gasteiger partial charge < -0.3 is 20.1 Å². The Bertz CT molecular complexity index is 1480. The van der Waals surface area contributed by atoms with Gasteiger partial charge in [0.05, 0.1) is 22.1 Å². The van der Waals surface area contributed by atoms with E-state index in [1.807, 2.05) is 30.3 Å². The van der Waals surface area contributed by atoms with E-state index >= 15 is 0 Å². The first kappa shape index (κ1) is 23.9. The summed E-state index contributed by atoms with van der Waals surface area (Å²) in [5, 5.41) is 13.0. The number of carboxylic acid groups (broad SMARTS) is 1. The number of nitrogens with one attached hydrogen (secondary N) is 3. The molecule has 10 nitrogen and oxygen atoms in total. The summed E-state index contributed by atoms with van der Waals surface area (Å²) < 4.78 is 32.7. The third-order valence-electron chi connectivity index (χ3n) is 6.04. The minimum Gasteiger partial charge on any atom is -0.480 e. The Balaban J connectivity index is 1.56. The van der Waals surface area contributed by atoms with E-state index < -0.39 is 22.5 Å². The van der Waals surface area contributed by atoms with Crippen LogP contribution in [0.3, 0.4) is 0 Å². The van der Waals surface area contributed by atoms with Gasteiger partial charge in [-0.3, -0.25) is 4.79 Å². The molecule has 186 valence electrons. The van der Waals surface area contributed by atoms with Crippen molar-refractivity contribution in [3.8, 4) is 22.4 Å². The van der Waals surface area contributed by atoms with Gasteiger partial charge in [-0.2, -0.15) is 4.72 Å². The van der Waals surface area contributed by atoms with Crippen LogP contribution in [-0.2, 0) is 19.6 Å². The van der Waals surface area contributed by atoms with Crippen molar-refractivity contribution < 1.29 is 23.1 Å². The van der Waals surface area contributed by atoms with Crippen molar-refractivity contribution in [2.24, 2.45) is 0 Å². The summed E-state index contributed by atoms with van der Waals surface area (Å²) in [6.07, 6.45) is 3.69. The maximum absolute atomic E-state index is 12.4. The predicted molar refractivity (Wildman–Crippen MR) is 135 cm³/mol. The molecule has 2 aromatic carbocycles. The summed E-state index contributed by atoms with van der Waals surface area (Å²) in [7, 11) is -3.95. The first-order valence-electron chi connectivity index (χ1n) is 11.5. The standard InChI is InChI=1S/C25H25N5O5S/c31-20(32)14-29-36(33,34)19-10-8-17(9-11-19)23-21(16-5-2-1-3-6-16)22-24(27-15-28-25(22)30-23)26-13-18-7-4-12-35-18/h1-3,5-6,8-11,15,18,29H,4,7,12-14H2,(H,31,32)(H2,26,27,28,30). The van der Waals surface area contributed by atoms with Crippen LogP contribution in [-0.4, -0.2) is 60.2 Å². The van der Waals surface area contributed by atoms with Gasteiger partial charge in [-0.15, -0.1) is 0 Å². The Hall–Kier alpha value is -3.80. The third-order valence-corrected chi connectivity index (χ3v) is 7.46. The highest BCUT2D eigenvalue weighted by Gasteiger charge is 2.22. The molecule has 0 spiro atoms. The first-order chi connectivity index (χ1) is 17.4. The van der Waals surface area contributed by atoms with E-state index in [1.54, 1.807) is 12.1 Å². The molecule has 0 saturated carbocycles. The number of hydrogen-bond donors (Lipinski definition) is 4. The highest BCUT2D eigenvalue weighted by Crippen LogP contribution is 2.40. The van der Waals surface area contributed by atoms with E-state index in [1.165, 1.54) is 18.5 Å². The number of aromatic nitrogens is 3. The number of H-pyrrole nitrogens is 1. The summed E-state index contributed by atoms with van der Waals surface area (Å²) in [4.78, 5) is 23.1. The average Bonchev–Trinajstić information content (AvgIpc) is 3.55. The number of anilines is 1. The number of aliphatic carboxylic acids is 1. The fourth-order valence-electron chi connectivity index (χ4n) is 4.32. The molecule has 4 N–H and O–H groups in total. The molecule has 1 aliphatic heterocycles. The molecule has 11 heteroatoms. The quantitative estimate of drug-likeness (QED) is 0.270. The van der Waals surface area contributed by atoms with Crippen LogP contribution in [0.5, 0.6) is 0 Å². The van der Waals surface area contributed by atoms with Crippen molar-refractivity contribution in [1.82, 2.24) is 19.7 Å². The number of carboxylic acids is 1. The minimum atomic E-state index is -3.95. The second-order valence-corrected chi connectivity index (χ2v) is 10.2. The zero-order chi connectivity index (χ0) is 25.1. The van der Waals surface area contributed by atoms with Gasteiger partial charge in [0.25, 0.3) is 0 Å². The summed E-state index contributed by atoms with van der Waals surface area (Å²) in [5.74, 6) is -0.570. The van der Waals surface area contributed by atoms with Crippen LogP contribution < -0.4 is 10.0 Å². The summed E-state index contributed by atoms with van der Waals surface area (Å²) >= 11 is 0. The fourth-order valence-corrected chi connectivity index (χ4v) is 5.30. The van der Waals surface area contributed by atoms with Gasteiger partial charge in [-0.1, -0.05) is 42.5 Å². The van der Waals surface area contributed by atoms with Crippen LogP contribution in [0.25, 0.3) is 33.4 Å². The Morgan fingerprint density at radius 2 is 1.86 bits per heavy atom. The first-order valence-corrected chi connectivity index (χ1v) is 13.0. The lowest BCUT2D eigenvalue weighted by atomic mass is 9.99. The minimum absolute atomic E-state index is 0.0245. The van der Waals surface area contributed by atoms with Gasteiger partial charge in [0.1, 0.15) is 24.3 Å². The molecule has 0 amide bonds. The molecule has 1 atom stereocenters. The summed E-state index contributed by atoms with van der Waals surface area (Å²) in [6.45, 7) is 0.716. The third kappa shape index (κ3) is 4.94. The van der Waals surface area contributed by atoms with Gasteiger partial charge in [0.2, 0.25) is 10.0 Å². The van der Waals surface area contributed by atoms with Crippen LogP contribution in [0, 0.1) is 0 Å². The molecular formula is C25H25N5O5S. The topological polar surface area (TPSA) is 146 Å². The Labute approximate surface area is 207 Å². The molecule has 1 aliphatic rings. The number of carbonyl (C=O) groups is 1. The second kappa shape index (κ2) is 10.1. The lowest BCUT2D eigenvalue weighted by molar-refractivity contribution is -0.135. The van der Waals surface area contributed by atoms with Crippen molar-refractivity contribution in [3.05, 3.63) is 60.9 Å². The molecule has 1 unspecified atom stereocenters. The van der Waals surface area contributed by atoms with Gasteiger partial charge in [-0.25, -0.2) is 18.4 Å². The van der Waals surface area contributed by atoms with Crippen molar-refractivity contribution in [2.45, 2.75) is 23.8 Å². The van der Waals surface area contributed by atoms with E-state index in [4.69, 9.17) is 9.84 Å². The van der Waals surface area contributed by atoms with E-state index in [2.05, 4.69) is 25.0 Å². The maximum atomic E-state index is 12.4. The highest BCUT2D eigenvalue weighted by molar-refractivity contribution is 7.89. The maximum Gasteiger partial charge on any atom is 0.318 e. The number of hydrogen-bond acceptors (Lipinski definition) is 7. The van der Waals surface area contributed by atoms with Crippen LogP contribution >= 0.6 is 0 Å². The van der Waals surface area contributed by atoms with Gasteiger partial charge in [-0.05, 0) is 36.1 Å². The largest absolute Gasteiger partial charge is 0.480 e. The smallest absolute Gasteiger partial charge is 0.318 e. The molecule has 1 saturated heterocycles. The van der Waals surface area contributed by atoms with Crippen LogP contribution in [0.2, 0.25) is 0 Å². The van der Waals surface area contributed by atoms with E-state index in [0.717, 1.165) is 47.2 Å². The highest BCUT2D eigenvalue weighted by atomic mass is 32.2. The second-order valence-electron chi connectivity index (χ2n) is 8.45. The van der Waals surface area contributed by atoms with E-state index in [9.17, 15) is 13.2 Å². The molecule has 2 aromatic heterocycles. The van der Waals surface area contributed by atoms with E-state index in [0.29, 0.717) is 18.0 Å². The normalized spacial score (nSPS) is 15.8. The van der Waals surface area contributed by atoms with Crippen LogP contribution in [0.1, 0.15) is 12.8 Å². The SMILES string of the molecule is O=C(O)CNS(=O)(=O)c1ccc(-c2[nH]c3ncnc(NCC4CCCO4)c3c2-c2ccccc2)cc1. The lowest BCUT2D eigenvalue weighted by Gasteiger charge is -2.13. The van der Waals surface area contributed by atoms with Crippen LogP contribution in [0.15, 0.2) is 65.8 Å². The zero-order valence-corrected chi connectivity index (χ0v) is 20.1. The Morgan fingerprint density at radius 1 is 1.08 bits per heavy atom. The van der Waals surface area contributed by atoms with Gasteiger partial charge in [0, 0.05) is 18.7 Å². The molecule has 0 aliphatic carbocycles. The molecular weight excluding hydrogens is 482 g/mol. The molecule has 4 aromatic rings. The predicted octanol–water partition coefficient (Wildman–Crippen LogP) is 3.25. The van der Waals surface area contributed by atoms with Crippen LogP contribution in [0.4, 0.5) is 5.82 Å². The van der Waals surface area contributed by atoms with Crippen molar-refractivity contribution >= 4 is 32.8 Å². The number of sulfonamides is 1. The monoisotopic (exact) mass is 507 g/mol. The molecule has 3 heterocycles. The molecule has 5 rings (SSSR count). The van der Waals surface area contributed by atoms with E-state index in [-0.39, 0.29) is 11.0 Å². The number of fused-ring (bicyclic) bond motifs is 1. The van der Waals surface area contributed by atoms with Crippen molar-refractivity contribution in [3.63, 3.8) is 0 Å². The van der Waals surface area contributed by atoms with Gasteiger partial charge >= 0.3 is 5.97 Å². The molecule has 1 fully saturated rings. The van der Waals surface area contributed by atoms with Crippen molar-refractivity contribution in [2.75, 3.05) is 25.0 Å². The molecule has 0 bridgehead atoms. The number of aromatic amines is 1. The number of benzene rings is 2. The average molecular weight is 508 g/mol. The molecule has 0 radical (unpaired) electrons. The lowest BCUT2D eigenvalue weighted by Crippen LogP contribution is -2.29. The number of ether oxygens (including phenoxy) is 1. The Morgan fingerprint density at radius 3 is 2.56 bits per heavy atom. The fraction of sp³-hybridized carbons (Fsp3) is 0.240. The number of rotatable bonds is 9. The zero-order valence-electron chi connectivity index (χ0n) is 19.3. The summed E-state index contributed by atoms with van der Waals surface area (Å²) in [6, 6.07) is 16.1. The Kier molecular flexibility index (Phi) is 6.68. The number of nitrogens with zero attached hydrogens (tertiary/aromatic N) is 2. The van der Waals surface area contributed by atoms with Gasteiger partial charge in [0.15, 0.2) is 0 Å².